The van der Waals surface area contributed by atoms with Gasteiger partial charge in [-0.3, -0.25) is 4.70 Å². The van der Waals surface area contributed by atoms with Gasteiger partial charge in [0, 0.05) is 17.1 Å². The van der Waals surface area contributed by atoms with Crippen LogP contribution in [0.25, 0.3) is 0 Å². The molecule has 0 heterocycles. The van der Waals surface area contributed by atoms with Gasteiger partial charge in [-0.25, -0.2) is 0 Å². The second-order valence-electron chi connectivity index (χ2n) is 0.600. The Morgan fingerprint density at radius 1 is 0.889 bits per heavy atom. The predicted octanol–water partition coefficient (Wildman–Crippen LogP) is -4.20. The largest absolute Gasteiger partial charge is 0.668 e. The molecule has 0 aromatic rings. The van der Waals surface area contributed by atoms with E-state index in [-0.39, 0.29) is 50.3 Å². The van der Waals surface area contributed by atoms with Crippen LogP contribution in [0.1, 0.15) is 0 Å². The van der Waals surface area contributed by atoms with Gasteiger partial charge in [0.1, 0.15) is 0 Å². The van der Waals surface area contributed by atoms with E-state index in [9.17, 15) is 0 Å². The average Bonchev–Trinajstić information content (AvgIpc) is 0.722. The molecule has 0 bridgehead atoms. The zero-order valence-corrected chi connectivity index (χ0v) is 5.65. The van der Waals surface area contributed by atoms with Crippen molar-refractivity contribution >= 4 is 32.1 Å². The molecule has 0 unspecified atom stereocenters. The first-order chi connectivity index (χ1) is 2.00. The van der Waals surface area contributed by atoms with E-state index in [1.54, 1.807) is 0 Å². The molecular weight excluding hydrogens is 207 g/mol. The second-order valence-corrected chi connectivity index (χ2v) is 1.80. The van der Waals surface area contributed by atoms with Gasteiger partial charge in [-0.15, -0.1) is 0 Å². The molecule has 5 nitrogen and oxygen atoms in total. The summed E-state index contributed by atoms with van der Waals surface area (Å²) in [6.07, 6.45) is 0. The van der Waals surface area contributed by atoms with Crippen molar-refractivity contribution in [3.05, 3.63) is 0 Å². The van der Waals surface area contributed by atoms with E-state index in [4.69, 9.17) is 19.2 Å². The number of rotatable bonds is 0. The summed E-state index contributed by atoms with van der Waals surface area (Å²) in [6, 6.07) is 0. The van der Waals surface area contributed by atoms with Gasteiger partial charge in [0.15, 0.2) is 0 Å². The van der Waals surface area contributed by atoms with Gasteiger partial charge in [0.25, 0.3) is 0 Å². The van der Waals surface area contributed by atoms with Crippen LogP contribution in [0.4, 0.5) is 4.70 Å². The third kappa shape index (κ3) is 318. The van der Waals surface area contributed by atoms with E-state index in [1.165, 1.54) is 0 Å². The smallest absolute Gasteiger partial charge is 0.412 e. The minimum Gasteiger partial charge on any atom is -0.412 e. The van der Waals surface area contributed by atoms with E-state index in [2.05, 4.69) is 0 Å². The fourth-order valence-electron chi connectivity index (χ4n) is 0. The van der Waals surface area contributed by atoms with Crippen LogP contribution < -0.4 is 0 Å². The van der Waals surface area contributed by atoms with Crippen LogP contribution in [0.2, 0.25) is 0 Å². The van der Waals surface area contributed by atoms with Crippen LogP contribution in [0.5, 0.6) is 0 Å². The molecule has 0 spiro atoms. The van der Waals surface area contributed by atoms with Crippen molar-refractivity contribution in [2.24, 2.45) is 0 Å². The Morgan fingerprint density at radius 3 is 0.889 bits per heavy atom. The van der Waals surface area contributed by atoms with Crippen LogP contribution in [0.3, 0.4) is 0 Å². The first-order valence-corrected chi connectivity index (χ1v) is 2.68. The van der Waals surface area contributed by atoms with Gasteiger partial charge in [0.2, 0.25) is 0 Å². The third-order valence-electron chi connectivity index (χ3n) is 0. The SMILES string of the molecule is F.O.O[Si](O)(O)O.[Fe].[MgH2]. The maximum absolute atomic E-state index is 7.33. The molecule has 0 saturated heterocycles. The molecule has 0 amide bonds. The van der Waals surface area contributed by atoms with Crippen molar-refractivity contribution in [2.45, 2.75) is 0 Å². The molecule has 6 N–H and O–H groups in total. The van der Waals surface area contributed by atoms with Gasteiger partial charge in [-0.05, 0) is 0 Å². The molecule has 0 aliphatic carbocycles. The molecule has 9 heteroatoms. The topological polar surface area (TPSA) is 112 Å². The maximum Gasteiger partial charge on any atom is 0.668 e. The van der Waals surface area contributed by atoms with Gasteiger partial charge >= 0.3 is 32.1 Å². The Morgan fingerprint density at radius 2 is 0.889 bits per heavy atom. The molecule has 0 aliphatic rings. The summed E-state index contributed by atoms with van der Waals surface area (Å²) in [5.74, 6) is 0. The van der Waals surface area contributed by atoms with Crippen LogP contribution in [-0.2, 0) is 17.1 Å². The maximum atomic E-state index is 7.33. The number of hydrogen-bond donors (Lipinski definition) is 4. The first-order valence-electron chi connectivity index (χ1n) is 0.894. The Hall–Kier alpha value is 1.23. The quantitative estimate of drug-likeness (QED) is 0.308. The Kier molecular flexibility index (Phi) is 42.3. The predicted molar refractivity (Wildman–Crippen MR) is 29.3 cm³/mol. The van der Waals surface area contributed by atoms with Crippen molar-refractivity contribution in [1.82, 2.24) is 0 Å². The minimum atomic E-state index is -4.61. The van der Waals surface area contributed by atoms with Crippen molar-refractivity contribution in [3.8, 4) is 0 Å². The van der Waals surface area contributed by atoms with Crippen molar-refractivity contribution in [2.75, 3.05) is 0 Å². The summed E-state index contributed by atoms with van der Waals surface area (Å²) in [6.45, 7) is 0. The van der Waals surface area contributed by atoms with Crippen LogP contribution in [0, 0.1) is 0 Å². The van der Waals surface area contributed by atoms with Crippen molar-refractivity contribution in [3.63, 3.8) is 0 Å². The summed E-state index contributed by atoms with van der Waals surface area (Å²) in [4.78, 5) is 29.3. The van der Waals surface area contributed by atoms with Gasteiger partial charge in [-0.1, -0.05) is 0 Å². The molecule has 0 saturated carbocycles. The zero-order chi connectivity index (χ0) is 4.50. The monoisotopic (exact) mass is 216 g/mol. The first kappa shape index (κ1) is 31.9. The summed E-state index contributed by atoms with van der Waals surface area (Å²) < 4.78 is 0. The standard InChI is InChI=1S/FH.Fe.Mg.H4O4Si.H2O.2H/c;;;1-5(2,3)4;;;/h1H;;;1-4H;1H2;;. The normalized spacial score (nSPS) is 6.67. The molecule has 0 rings (SSSR count). The Bertz CT molecular complexity index is 32.4. The molecular formula is H9FFeMgO5Si. The summed E-state index contributed by atoms with van der Waals surface area (Å²) in [7, 11) is -4.61. The van der Waals surface area contributed by atoms with E-state index in [0.717, 1.165) is 0 Å². The molecule has 0 aliphatic heterocycles. The van der Waals surface area contributed by atoms with E-state index < -0.39 is 9.05 Å². The Balaban J connectivity index is -0.0000000133. The zero-order valence-electron chi connectivity index (χ0n) is 3.55. The molecule has 0 aromatic carbocycles. The van der Waals surface area contributed by atoms with Crippen molar-refractivity contribution in [1.29, 1.82) is 0 Å². The molecule has 0 atom stereocenters. The van der Waals surface area contributed by atoms with Gasteiger partial charge < -0.3 is 24.7 Å². The molecule has 0 radical (unpaired) electrons. The molecule has 0 fully saturated rings. The van der Waals surface area contributed by atoms with E-state index in [0.29, 0.717) is 0 Å². The summed E-state index contributed by atoms with van der Waals surface area (Å²) in [5, 5.41) is 0. The van der Waals surface area contributed by atoms with Crippen LogP contribution in [0.15, 0.2) is 0 Å². The summed E-state index contributed by atoms with van der Waals surface area (Å²) in [5.41, 5.74) is 0. The van der Waals surface area contributed by atoms with E-state index in [1.807, 2.05) is 0 Å². The fourth-order valence-corrected chi connectivity index (χ4v) is 0. The molecule has 60 valence electrons. The minimum absolute atomic E-state index is 0. The van der Waals surface area contributed by atoms with Crippen LogP contribution >= 0.6 is 0 Å². The molecule has 9 heavy (non-hydrogen) atoms. The Labute approximate surface area is 78.5 Å². The fraction of sp³-hybridized carbons (Fsp3) is 0. The number of hydrogen-bond acceptors (Lipinski definition) is 4. The molecule has 0 aromatic heterocycles. The van der Waals surface area contributed by atoms with Gasteiger partial charge in [0.05, 0.1) is 0 Å². The number of halogens is 1. The second kappa shape index (κ2) is 12.0. The third-order valence-corrected chi connectivity index (χ3v) is 0. The van der Waals surface area contributed by atoms with Crippen molar-refractivity contribution < 1.29 is 46.4 Å². The van der Waals surface area contributed by atoms with Crippen LogP contribution in [-0.4, -0.2) is 56.8 Å². The summed E-state index contributed by atoms with van der Waals surface area (Å²) >= 11 is 0. The van der Waals surface area contributed by atoms with Gasteiger partial charge in [-0.2, -0.15) is 0 Å². The average molecular weight is 216 g/mol. The van der Waals surface area contributed by atoms with E-state index >= 15 is 0 Å².